The topological polar surface area (TPSA) is 86.9 Å². The Bertz CT molecular complexity index is 332. The van der Waals surface area contributed by atoms with Crippen molar-refractivity contribution in [1.29, 1.82) is 0 Å². The third-order valence-electron chi connectivity index (χ3n) is 2.25. The standard InChI is InChI=1S/C9H16N4O/c1-3-4-6(2)13-5-12-7(8(13)10)9(11)14/h5-6H,3-4,10H2,1-2H3,(H2,11,14). The Kier molecular flexibility index (Phi) is 3.11. The van der Waals surface area contributed by atoms with Crippen molar-refractivity contribution in [2.24, 2.45) is 5.73 Å². The van der Waals surface area contributed by atoms with E-state index in [0.29, 0.717) is 5.82 Å². The number of aromatic nitrogens is 2. The molecule has 4 N–H and O–H groups in total. The molecule has 0 aromatic carbocycles. The third-order valence-corrected chi connectivity index (χ3v) is 2.25. The molecule has 0 spiro atoms. The number of imidazole rings is 1. The fourth-order valence-corrected chi connectivity index (χ4v) is 1.47. The van der Waals surface area contributed by atoms with Gasteiger partial charge in [-0.1, -0.05) is 13.3 Å². The summed E-state index contributed by atoms with van der Waals surface area (Å²) in [7, 11) is 0. The Morgan fingerprint density at radius 1 is 1.71 bits per heavy atom. The molecular formula is C9H16N4O. The summed E-state index contributed by atoms with van der Waals surface area (Å²) < 4.78 is 1.78. The maximum absolute atomic E-state index is 10.9. The van der Waals surface area contributed by atoms with E-state index >= 15 is 0 Å². The molecule has 5 nitrogen and oxygen atoms in total. The highest BCUT2D eigenvalue weighted by molar-refractivity contribution is 5.95. The van der Waals surface area contributed by atoms with Gasteiger partial charge >= 0.3 is 0 Å². The van der Waals surface area contributed by atoms with Gasteiger partial charge in [0.25, 0.3) is 5.91 Å². The molecule has 1 aromatic heterocycles. The second-order valence-electron chi connectivity index (χ2n) is 3.39. The SMILES string of the molecule is CCCC(C)n1cnc(C(N)=O)c1N. The van der Waals surface area contributed by atoms with Crippen molar-refractivity contribution in [3.05, 3.63) is 12.0 Å². The summed E-state index contributed by atoms with van der Waals surface area (Å²) in [5.74, 6) is -0.219. The van der Waals surface area contributed by atoms with Gasteiger partial charge in [-0.15, -0.1) is 0 Å². The predicted octanol–water partition coefficient (Wildman–Crippen LogP) is 0.925. The molecular weight excluding hydrogens is 180 g/mol. The lowest BCUT2D eigenvalue weighted by Gasteiger charge is -2.13. The van der Waals surface area contributed by atoms with Crippen molar-refractivity contribution in [3.8, 4) is 0 Å². The molecule has 0 bridgehead atoms. The summed E-state index contributed by atoms with van der Waals surface area (Å²) in [4.78, 5) is 14.8. The minimum atomic E-state index is -0.579. The molecule has 0 aliphatic carbocycles. The summed E-state index contributed by atoms with van der Waals surface area (Å²) in [5.41, 5.74) is 11.0. The average molecular weight is 196 g/mol. The lowest BCUT2D eigenvalue weighted by molar-refractivity contribution is 0.0997. The first-order chi connectivity index (χ1) is 6.57. The molecule has 0 fully saturated rings. The van der Waals surface area contributed by atoms with Gasteiger partial charge in [-0.3, -0.25) is 4.79 Å². The number of hydrogen-bond donors (Lipinski definition) is 2. The Balaban J connectivity index is 2.94. The largest absolute Gasteiger partial charge is 0.383 e. The van der Waals surface area contributed by atoms with Crippen LogP contribution in [0.15, 0.2) is 6.33 Å². The van der Waals surface area contributed by atoms with Crippen LogP contribution in [0.2, 0.25) is 0 Å². The highest BCUT2D eigenvalue weighted by Gasteiger charge is 2.15. The molecule has 0 aliphatic rings. The molecule has 1 atom stereocenters. The Hall–Kier alpha value is -1.52. The van der Waals surface area contributed by atoms with Crippen molar-refractivity contribution >= 4 is 11.7 Å². The number of primary amides is 1. The zero-order chi connectivity index (χ0) is 10.7. The second-order valence-corrected chi connectivity index (χ2v) is 3.39. The molecule has 1 unspecified atom stereocenters. The molecule has 0 radical (unpaired) electrons. The van der Waals surface area contributed by atoms with Crippen molar-refractivity contribution < 1.29 is 4.79 Å². The zero-order valence-corrected chi connectivity index (χ0v) is 8.53. The van der Waals surface area contributed by atoms with E-state index in [1.807, 2.05) is 6.92 Å². The van der Waals surface area contributed by atoms with Crippen LogP contribution in [0.5, 0.6) is 0 Å². The smallest absolute Gasteiger partial charge is 0.271 e. The normalized spacial score (nSPS) is 12.7. The van der Waals surface area contributed by atoms with Gasteiger partial charge in [-0.2, -0.15) is 0 Å². The van der Waals surface area contributed by atoms with Gasteiger partial charge in [0.05, 0.1) is 6.33 Å². The van der Waals surface area contributed by atoms with Gasteiger partial charge in [0.2, 0.25) is 0 Å². The van der Waals surface area contributed by atoms with Crippen LogP contribution in [0.3, 0.4) is 0 Å². The Labute approximate surface area is 83.1 Å². The van der Waals surface area contributed by atoms with E-state index in [1.54, 1.807) is 10.9 Å². The van der Waals surface area contributed by atoms with Crippen molar-refractivity contribution in [2.45, 2.75) is 32.7 Å². The van der Waals surface area contributed by atoms with E-state index in [0.717, 1.165) is 12.8 Å². The van der Waals surface area contributed by atoms with Gasteiger partial charge in [0.1, 0.15) is 5.82 Å². The number of carbonyl (C=O) groups is 1. The maximum atomic E-state index is 10.9. The van der Waals surface area contributed by atoms with Crippen molar-refractivity contribution in [1.82, 2.24) is 9.55 Å². The molecule has 1 rings (SSSR count). The quantitative estimate of drug-likeness (QED) is 0.750. The average Bonchev–Trinajstić information content (AvgIpc) is 2.47. The lowest BCUT2D eigenvalue weighted by Crippen LogP contribution is -2.15. The fraction of sp³-hybridized carbons (Fsp3) is 0.556. The molecule has 1 aromatic rings. The number of hydrogen-bond acceptors (Lipinski definition) is 3. The molecule has 5 heteroatoms. The molecule has 0 aliphatic heterocycles. The highest BCUT2D eigenvalue weighted by Crippen LogP contribution is 2.19. The molecule has 1 heterocycles. The van der Waals surface area contributed by atoms with Crippen molar-refractivity contribution in [2.75, 3.05) is 5.73 Å². The summed E-state index contributed by atoms with van der Waals surface area (Å²) in [6, 6.07) is 0.251. The molecule has 0 saturated carbocycles. The van der Waals surface area contributed by atoms with Crippen LogP contribution in [0, 0.1) is 0 Å². The van der Waals surface area contributed by atoms with Crippen LogP contribution >= 0.6 is 0 Å². The van der Waals surface area contributed by atoms with E-state index in [2.05, 4.69) is 11.9 Å². The van der Waals surface area contributed by atoms with Crippen LogP contribution in [0.25, 0.3) is 0 Å². The molecule has 14 heavy (non-hydrogen) atoms. The van der Waals surface area contributed by atoms with E-state index < -0.39 is 5.91 Å². The van der Waals surface area contributed by atoms with Crippen LogP contribution in [-0.2, 0) is 0 Å². The summed E-state index contributed by atoms with van der Waals surface area (Å²) in [6.45, 7) is 4.13. The minimum Gasteiger partial charge on any atom is -0.383 e. The van der Waals surface area contributed by atoms with Gasteiger partial charge in [-0.25, -0.2) is 4.98 Å². The summed E-state index contributed by atoms with van der Waals surface area (Å²) in [6.07, 6.45) is 3.62. The summed E-state index contributed by atoms with van der Waals surface area (Å²) >= 11 is 0. The number of nitrogen functional groups attached to an aromatic ring is 1. The van der Waals surface area contributed by atoms with Crippen LogP contribution < -0.4 is 11.5 Å². The van der Waals surface area contributed by atoms with E-state index in [9.17, 15) is 4.79 Å². The molecule has 1 amide bonds. The maximum Gasteiger partial charge on any atom is 0.271 e. The van der Waals surface area contributed by atoms with Crippen molar-refractivity contribution in [3.63, 3.8) is 0 Å². The minimum absolute atomic E-state index is 0.160. The fourth-order valence-electron chi connectivity index (χ4n) is 1.47. The molecule has 78 valence electrons. The van der Waals surface area contributed by atoms with Gasteiger partial charge in [-0.05, 0) is 13.3 Å². The predicted molar refractivity (Wildman–Crippen MR) is 54.8 cm³/mol. The Morgan fingerprint density at radius 2 is 2.36 bits per heavy atom. The number of rotatable bonds is 4. The second kappa shape index (κ2) is 4.13. The van der Waals surface area contributed by atoms with Crippen LogP contribution in [0.4, 0.5) is 5.82 Å². The number of carbonyl (C=O) groups excluding carboxylic acids is 1. The van der Waals surface area contributed by atoms with E-state index in [-0.39, 0.29) is 11.7 Å². The highest BCUT2D eigenvalue weighted by atomic mass is 16.1. The lowest BCUT2D eigenvalue weighted by atomic mass is 10.2. The monoisotopic (exact) mass is 196 g/mol. The van der Waals surface area contributed by atoms with Gasteiger partial charge in [0.15, 0.2) is 5.69 Å². The number of nitrogens with two attached hydrogens (primary N) is 2. The number of amides is 1. The van der Waals surface area contributed by atoms with E-state index in [1.165, 1.54) is 0 Å². The van der Waals surface area contributed by atoms with Crippen LogP contribution in [-0.4, -0.2) is 15.5 Å². The van der Waals surface area contributed by atoms with Gasteiger partial charge < -0.3 is 16.0 Å². The van der Waals surface area contributed by atoms with Crippen LogP contribution in [0.1, 0.15) is 43.2 Å². The molecule has 0 saturated heterocycles. The van der Waals surface area contributed by atoms with Gasteiger partial charge in [0, 0.05) is 6.04 Å². The zero-order valence-electron chi connectivity index (χ0n) is 8.53. The Morgan fingerprint density at radius 3 is 2.79 bits per heavy atom. The first-order valence-electron chi connectivity index (χ1n) is 4.70. The third kappa shape index (κ3) is 1.86. The number of anilines is 1. The first-order valence-corrected chi connectivity index (χ1v) is 4.70. The first kappa shape index (κ1) is 10.6. The van der Waals surface area contributed by atoms with E-state index in [4.69, 9.17) is 11.5 Å². The summed E-state index contributed by atoms with van der Waals surface area (Å²) in [5, 5.41) is 0. The number of nitrogens with zero attached hydrogens (tertiary/aromatic N) is 2.